The smallest absolute Gasteiger partial charge is 0.222 e. The Bertz CT molecular complexity index is 761. The van der Waals surface area contributed by atoms with Crippen molar-refractivity contribution < 1.29 is 9.90 Å². The maximum Gasteiger partial charge on any atom is 0.222 e. The molecule has 6 heteroatoms. The lowest BCUT2D eigenvalue weighted by Gasteiger charge is -2.31. The molecule has 2 aromatic rings. The summed E-state index contributed by atoms with van der Waals surface area (Å²) in [6.45, 7) is 2.57. The quantitative estimate of drug-likeness (QED) is 0.818. The van der Waals surface area contributed by atoms with Gasteiger partial charge in [-0.05, 0) is 43.2 Å². The van der Waals surface area contributed by atoms with Crippen molar-refractivity contribution in [1.82, 2.24) is 14.9 Å². The second-order valence-corrected chi connectivity index (χ2v) is 7.81. The third-order valence-electron chi connectivity index (χ3n) is 5.82. The summed E-state index contributed by atoms with van der Waals surface area (Å²) in [4.78, 5) is 18.8. The van der Waals surface area contributed by atoms with Gasteiger partial charge in [0.15, 0.2) is 0 Å². The van der Waals surface area contributed by atoms with Crippen LogP contribution in [-0.4, -0.2) is 45.8 Å². The Balaban J connectivity index is 1.26. The largest absolute Gasteiger partial charge is 0.391 e. The van der Waals surface area contributed by atoms with Gasteiger partial charge in [0.05, 0.1) is 18.5 Å². The molecule has 0 radical (unpaired) electrons. The van der Waals surface area contributed by atoms with Crippen LogP contribution in [0.3, 0.4) is 0 Å². The summed E-state index contributed by atoms with van der Waals surface area (Å²) in [6.07, 6.45) is 9.30. The van der Waals surface area contributed by atoms with E-state index in [1.807, 2.05) is 10.8 Å². The first-order valence-corrected chi connectivity index (χ1v) is 9.95. The molecular weight excluding hydrogens is 340 g/mol. The zero-order chi connectivity index (χ0) is 18.6. The van der Waals surface area contributed by atoms with Crippen LogP contribution in [0.5, 0.6) is 0 Å². The number of aromatic nitrogens is 2. The highest BCUT2D eigenvalue weighted by Crippen LogP contribution is 2.28. The molecule has 27 heavy (non-hydrogen) atoms. The Labute approximate surface area is 160 Å². The van der Waals surface area contributed by atoms with Gasteiger partial charge in [-0.1, -0.05) is 18.2 Å². The van der Waals surface area contributed by atoms with E-state index in [9.17, 15) is 9.90 Å². The normalized spacial score (nSPS) is 24.6. The number of imidazole rings is 1. The fraction of sp³-hybridized carbons (Fsp3) is 0.524. The summed E-state index contributed by atoms with van der Waals surface area (Å²) in [6, 6.07) is 8.33. The predicted molar refractivity (Wildman–Crippen MR) is 104 cm³/mol. The summed E-state index contributed by atoms with van der Waals surface area (Å²) in [5.41, 5.74) is 2.63. The molecule has 1 aliphatic carbocycles. The lowest BCUT2D eigenvalue weighted by Crippen LogP contribution is -2.41. The van der Waals surface area contributed by atoms with E-state index in [-0.39, 0.29) is 11.9 Å². The van der Waals surface area contributed by atoms with Crippen LogP contribution in [0.1, 0.15) is 31.2 Å². The van der Waals surface area contributed by atoms with E-state index in [1.54, 1.807) is 12.5 Å². The molecule has 0 bridgehead atoms. The number of carbonyl (C=O) groups is 1. The van der Waals surface area contributed by atoms with Crippen LogP contribution in [-0.2, 0) is 17.8 Å². The van der Waals surface area contributed by atoms with Gasteiger partial charge in [-0.3, -0.25) is 4.79 Å². The minimum absolute atomic E-state index is 0.0328. The summed E-state index contributed by atoms with van der Waals surface area (Å²) in [7, 11) is 0. The standard InChI is InChI=1S/C21H28N4O2/c26-20-13-16(14-24-11-8-22-15-24)12-18(20)23-21(27)7-10-25-9-3-5-17-4-1-2-6-19(17)25/h1-2,4,6,8,11,15-16,18,20,26H,3,5,7,9-10,12-14H2,(H,23,27)/t16?,18-,20-/m1/s1. The van der Waals surface area contributed by atoms with Gasteiger partial charge in [0.25, 0.3) is 0 Å². The molecule has 1 aliphatic heterocycles. The highest BCUT2D eigenvalue weighted by atomic mass is 16.3. The van der Waals surface area contributed by atoms with E-state index in [0.717, 1.165) is 45.3 Å². The molecule has 1 fully saturated rings. The molecule has 1 unspecified atom stereocenters. The molecule has 2 N–H and O–H groups in total. The maximum atomic E-state index is 12.5. The van der Waals surface area contributed by atoms with Gasteiger partial charge in [0, 0.05) is 44.1 Å². The number of aliphatic hydroxyl groups excluding tert-OH is 1. The lowest BCUT2D eigenvalue weighted by molar-refractivity contribution is -0.122. The van der Waals surface area contributed by atoms with Gasteiger partial charge in [-0.15, -0.1) is 0 Å². The van der Waals surface area contributed by atoms with E-state index in [2.05, 4.69) is 39.5 Å². The van der Waals surface area contributed by atoms with Crippen molar-refractivity contribution in [2.75, 3.05) is 18.0 Å². The average molecular weight is 368 g/mol. The topological polar surface area (TPSA) is 70.4 Å². The fourth-order valence-corrected chi connectivity index (χ4v) is 4.47. The summed E-state index contributed by atoms with van der Waals surface area (Å²) >= 11 is 0. The number of carbonyl (C=O) groups excluding carboxylic acids is 1. The van der Waals surface area contributed by atoms with Crippen molar-refractivity contribution >= 4 is 11.6 Å². The zero-order valence-electron chi connectivity index (χ0n) is 15.6. The van der Waals surface area contributed by atoms with Crippen molar-refractivity contribution in [2.45, 2.75) is 50.8 Å². The molecular formula is C21H28N4O2. The number of aryl methyl sites for hydroxylation is 1. The first-order valence-electron chi connectivity index (χ1n) is 9.95. The van der Waals surface area contributed by atoms with Gasteiger partial charge in [0.2, 0.25) is 5.91 Å². The average Bonchev–Trinajstić information content (AvgIpc) is 3.30. The van der Waals surface area contributed by atoms with Crippen LogP contribution >= 0.6 is 0 Å². The van der Waals surface area contributed by atoms with Gasteiger partial charge < -0.3 is 19.9 Å². The van der Waals surface area contributed by atoms with Crippen molar-refractivity contribution in [3.8, 4) is 0 Å². The Morgan fingerprint density at radius 2 is 2.19 bits per heavy atom. The molecule has 0 spiro atoms. The molecule has 1 amide bonds. The molecule has 144 valence electrons. The summed E-state index contributed by atoms with van der Waals surface area (Å²) in [5.74, 6) is 0.402. The lowest BCUT2D eigenvalue weighted by atomic mass is 10.0. The Morgan fingerprint density at radius 1 is 1.30 bits per heavy atom. The fourth-order valence-electron chi connectivity index (χ4n) is 4.47. The minimum atomic E-state index is -0.460. The SMILES string of the molecule is O=C(CCN1CCCc2ccccc21)N[C@@H]1CC(Cn2ccnc2)C[C@H]1O. The number of fused-ring (bicyclic) bond motifs is 1. The molecule has 1 saturated carbocycles. The number of nitrogens with one attached hydrogen (secondary N) is 1. The summed E-state index contributed by atoms with van der Waals surface area (Å²) in [5, 5.41) is 13.4. The Hall–Kier alpha value is -2.34. The van der Waals surface area contributed by atoms with Crippen LogP contribution in [0.25, 0.3) is 0 Å². The molecule has 1 aromatic carbocycles. The molecule has 2 heterocycles. The number of anilines is 1. The van der Waals surface area contributed by atoms with Crippen LogP contribution < -0.4 is 10.2 Å². The van der Waals surface area contributed by atoms with Gasteiger partial charge in [0.1, 0.15) is 0 Å². The zero-order valence-corrected chi connectivity index (χ0v) is 15.6. The summed E-state index contributed by atoms with van der Waals surface area (Å²) < 4.78 is 2.04. The van der Waals surface area contributed by atoms with Crippen LogP contribution in [0.2, 0.25) is 0 Å². The minimum Gasteiger partial charge on any atom is -0.391 e. The number of aliphatic hydroxyl groups is 1. The van der Waals surface area contributed by atoms with Crippen LogP contribution in [0, 0.1) is 5.92 Å². The molecule has 2 aliphatic rings. The number of benzene rings is 1. The number of amides is 1. The van der Waals surface area contributed by atoms with Gasteiger partial charge in [-0.2, -0.15) is 0 Å². The molecule has 0 saturated heterocycles. The monoisotopic (exact) mass is 368 g/mol. The third-order valence-corrected chi connectivity index (χ3v) is 5.82. The Morgan fingerprint density at radius 3 is 3.04 bits per heavy atom. The number of hydrogen-bond donors (Lipinski definition) is 2. The predicted octanol–water partition coefficient (Wildman–Crippen LogP) is 1.98. The van der Waals surface area contributed by atoms with E-state index in [4.69, 9.17) is 0 Å². The van der Waals surface area contributed by atoms with Crippen molar-refractivity contribution in [3.05, 3.63) is 48.5 Å². The highest BCUT2D eigenvalue weighted by molar-refractivity contribution is 5.77. The molecule has 4 rings (SSSR count). The number of nitrogens with zero attached hydrogens (tertiary/aromatic N) is 3. The van der Waals surface area contributed by atoms with E-state index >= 15 is 0 Å². The first-order chi connectivity index (χ1) is 13.2. The number of rotatable bonds is 6. The number of para-hydroxylation sites is 1. The molecule has 1 aromatic heterocycles. The molecule has 6 nitrogen and oxygen atoms in total. The van der Waals surface area contributed by atoms with E-state index in [0.29, 0.717) is 12.3 Å². The van der Waals surface area contributed by atoms with E-state index in [1.165, 1.54) is 11.3 Å². The van der Waals surface area contributed by atoms with Crippen LogP contribution in [0.4, 0.5) is 5.69 Å². The Kier molecular flexibility index (Phi) is 5.43. The highest BCUT2D eigenvalue weighted by Gasteiger charge is 2.34. The third kappa shape index (κ3) is 4.33. The van der Waals surface area contributed by atoms with Gasteiger partial charge in [-0.25, -0.2) is 4.98 Å². The van der Waals surface area contributed by atoms with Crippen molar-refractivity contribution in [2.24, 2.45) is 5.92 Å². The second kappa shape index (κ2) is 8.13. The van der Waals surface area contributed by atoms with Crippen molar-refractivity contribution in [3.63, 3.8) is 0 Å². The van der Waals surface area contributed by atoms with Crippen molar-refractivity contribution in [1.29, 1.82) is 0 Å². The maximum absolute atomic E-state index is 12.5. The first kappa shape index (κ1) is 18.0. The molecule has 3 atom stereocenters. The van der Waals surface area contributed by atoms with Gasteiger partial charge >= 0.3 is 0 Å². The second-order valence-electron chi connectivity index (χ2n) is 7.81. The number of hydrogen-bond acceptors (Lipinski definition) is 4. The van der Waals surface area contributed by atoms with E-state index < -0.39 is 6.10 Å². The van der Waals surface area contributed by atoms with Crippen LogP contribution in [0.15, 0.2) is 43.0 Å².